The summed E-state index contributed by atoms with van der Waals surface area (Å²) in [4.78, 5) is 11.0. The van der Waals surface area contributed by atoms with Crippen molar-refractivity contribution in [1.29, 1.82) is 0 Å². The fourth-order valence-corrected chi connectivity index (χ4v) is 1.44. The van der Waals surface area contributed by atoms with E-state index in [4.69, 9.17) is 16.3 Å². The van der Waals surface area contributed by atoms with Gasteiger partial charge in [0.2, 0.25) is 0 Å². The van der Waals surface area contributed by atoms with E-state index in [1.807, 2.05) is 0 Å². The molecule has 0 atom stereocenters. The van der Waals surface area contributed by atoms with Crippen LogP contribution < -0.4 is 0 Å². The molecular weight excluding hydrogens is 176 g/mol. The van der Waals surface area contributed by atoms with Gasteiger partial charge in [-0.2, -0.15) is 0 Å². The lowest BCUT2D eigenvalue weighted by Crippen LogP contribution is -2.20. The smallest absolute Gasteiger partial charge is 0.349 e. The van der Waals surface area contributed by atoms with Crippen molar-refractivity contribution >= 4 is 17.6 Å². The van der Waals surface area contributed by atoms with Crippen LogP contribution in [0.5, 0.6) is 0 Å². The number of rotatable bonds is 2. The maximum Gasteiger partial charge on any atom is 0.349 e. The lowest BCUT2D eigenvalue weighted by molar-refractivity contribution is -0.144. The molecule has 3 heteroatoms. The zero-order chi connectivity index (χ0) is 8.97. The van der Waals surface area contributed by atoms with E-state index >= 15 is 0 Å². The second-order valence-electron chi connectivity index (χ2n) is 3.07. The Labute approximate surface area is 77.5 Å². The molecule has 0 heterocycles. The van der Waals surface area contributed by atoms with E-state index in [1.165, 1.54) is 6.42 Å². The fraction of sp³-hybridized carbons (Fsp3) is 0.667. The van der Waals surface area contributed by atoms with E-state index in [1.54, 1.807) is 0 Å². The van der Waals surface area contributed by atoms with Gasteiger partial charge in [-0.25, -0.2) is 4.79 Å². The molecule has 0 unspecified atom stereocenters. The van der Waals surface area contributed by atoms with Gasteiger partial charge in [0.25, 0.3) is 0 Å². The summed E-state index contributed by atoms with van der Waals surface area (Å²) < 4.78 is 5.08. The van der Waals surface area contributed by atoms with E-state index in [2.05, 4.69) is 6.58 Å². The Morgan fingerprint density at radius 3 is 2.42 bits per heavy atom. The van der Waals surface area contributed by atoms with Crippen LogP contribution in [0, 0.1) is 0 Å². The monoisotopic (exact) mass is 188 g/mol. The molecule has 1 saturated carbocycles. The molecule has 1 rings (SSSR count). The van der Waals surface area contributed by atoms with Crippen LogP contribution in [0.3, 0.4) is 0 Å². The molecule has 0 aromatic heterocycles. The molecule has 0 saturated heterocycles. The second-order valence-corrected chi connectivity index (χ2v) is 3.53. The molecule has 1 fully saturated rings. The third-order valence-electron chi connectivity index (χ3n) is 2.05. The van der Waals surface area contributed by atoms with Gasteiger partial charge >= 0.3 is 5.97 Å². The van der Waals surface area contributed by atoms with Crippen LogP contribution in [-0.4, -0.2) is 12.1 Å². The van der Waals surface area contributed by atoms with Gasteiger partial charge in [0.05, 0.1) is 0 Å². The highest BCUT2D eigenvalue weighted by Gasteiger charge is 2.18. The predicted molar refractivity (Wildman–Crippen MR) is 48.0 cm³/mol. The van der Waals surface area contributed by atoms with E-state index < -0.39 is 5.97 Å². The molecule has 0 aromatic carbocycles. The van der Waals surface area contributed by atoms with Crippen molar-refractivity contribution in [2.75, 3.05) is 0 Å². The first-order valence-electron chi connectivity index (χ1n) is 4.25. The zero-order valence-corrected chi connectivity index (χ0v) is 7.77. The molecular formula is C9H13ClO2. The summed E-state index contributed by atoms with van der Waals surface area (Å²) in [5.41, 5.74) is 0. The van der Waals surface area contributed by atoms with Crippen molar-refractivity contribution in [3.8, 4) is 0 Å². The Kier molecular flexibility index (Phi) is 3.60. The van der Waals surface area contributed by atoms with E-state index in [0.29, 0.717) is 0 Å². The number of carbonyl (C=O) groups is 1. The summed E-state index contributed by atoms with van der Waals surface area (Å²) in [5, 5.41) is -0.0272. The maximum atomic E-state index is 11.0. The lowest BCUT2D eigenvalue weighted by Gasteiger charge is -2.21. The van der Waals surface area contributed by atoms with Crippen molar-refractivity contribution < 1.29 is 9.53 Å². The van der Waals surface area contributed by atoms with Gasteiger partial charge in [-0.1, -0.05) is 24.6 Å². The first-order chi connectivity index (χ1) is 5.70. The molecule has 0 N–H and O–H groups in total. The maximum absolute atomic E-state index is 11.0. The molecule has 12 heavy (non-hydrogen) atoms. The molecule has 0 bridgehead atoms. The highest BCUT2D eigenvalue weighted by Crippen LogP contribution is 2.21. The molecule has 0 spiro atoms. The third kappa shape index (κ3) is 2.86. The van der Waals surface area contributed by atoms with Crippen LogP contribution >= 0.6 is 11.6 Å². The molecule has 0 aromatic rings. The molecule has 0 amide bonds. The second kappa shape index (κ2) is 4.51. The van der Waals surface area contributed by atoms with Gasteiger partial charge in [0.15, 0.2) is 0 Å². The van der Waals surface area contributed by atoms with Crippen LogP contribution in [0.15, 0.2) is 11.6 Å². The molecule has 0 aliphatic heterocycles. The molecule has 0 radical (unpaired) electrons. The number of halogens is 1. The number of hydrogen-bond donors (Lipinski definition) is 0. The highest BCUT2D eigenvalue weighted by molar-refractivity contribution is 6.40. The van der Waals surface area contributed by atoms with Crippen molar-refractivity contribution in [2.45, 2.75) is 38.2 Å². The number of ether oxygens (including phenoxy) is 1. The molecule has 2 nitrogen and oxygen atoms in total. The van der Waals surface area contributed by atoms with E-state index in [-0.39, 0.29) is 11.1 Å². The Bertz CT molecular complexity index is 183. The Balaban J connectivity index is 2.29. The van der Waals surface area contributed by atoms with Crippen LogP contribution in [0.2, 0.25) is 0 Å². The van der Waals surface area contributed by atoms with Crippen LogP contribution in [0.4, 0.5) is 0 Å². The summed E-state index contributed by atoms with van der Waals surface area (Å²) in [6.07, 6.45) is 5.54. The van der Waals surface area contributed by atoms with Crippen LogP contribution in [0.25, 0.3) is 0 Å². The van der Waals surface area contributed by atoms with Gasteiger partial charge in [-0.05, 0) is 25.7 Å². The number of esters is 1. The van der Waals surface area contributed by atoms with E-state index in [9.17, 15) is 4.79 Å². The summed E-state index contributed by atoms with van der Waals surface area (Å²) in [6, 6.07) is 0. The molecule has 1 aliphatic rings. The van der Waals surface area contributed by atoms with Crippen molar-refractivity contribution in [2.24, 2.45) is 0 Å². The van der Waals surface area contributed by atoms with Gasteiger partial charge in [0, 0.05) is 0 Å². The van der Waals surface area contributed by atoms with Crippen LogP contribution in [0.1, 0.15) is 32.1 Å². The largest absolute Gasteiger partial charge is 0.458 e. The third-order valence-corrected chi connectivity index (χ3v) is 2.20. The van der Waals surface area contributed by atoms with Gasteiger partial charge < -0.3 is 4.74 Å². The molecule has 68 valence electrons. The predicted octanol–water partition coefficient (Wildman–Crippen LogP) is 2.61. The van der Waals surface area contributed by atoms with Crippen molar-refractivity contribution in [3.05, 3.63) is 11.6 Å². The lowest BCUT2D eigenvalue weighted by atomic mass is 9.98. The summed E-state index contributed by atoms with van der Waals surface area (Å²) in [7, 11) is 0. The quantitative estimate of drug-likeness (QED) is 0.492. The SMILES string of the molecule is C=C(Cl)C(=O)OC1CCCCC1. The Morgan fingerprint density at radius 2 is 1.92 bits per heavy atom. The number of hydrogen-bond acceptors (Lipinski definition) is 2. The Hall–Kier alpha value is -0.500. The minimum atomic E-state index is -0.469. The first kappa shape index (κ1) is 9.59. The van der Waals surface area contributed by atoms with Crippen molar-refractivity contribution in [1.82, 2.24) is 0 Å². The topological polar surface area (TPSA) is 26.3 Å². The number of carbonyl (C=O) groups excluding carboxylic acids is 1. The normalized spacial score (nSPS) is 18.8. The average Bonchev–Trinajstić information content (AvgIpc) is 2.06. The zero-order valence-electron chi connectivity index (χ0n) is 7.01. The van der Waals surface area contributed by atoms with Gasteiger partial charge in [-0.15, -0.1) is 0 Å². The van der Waals surface area contributed by atoms with Gasteiger partial charge in [-0.3, -0.25) is 0 Å². The van der Waals surface area contributed by atoms with E-state index in [0.717, 1.165) is 25.7 Å². The minimum Gasteiger partial charge on any atom is -0.458 e. The minimum absolute atomic E-state index is 0.0272. The van der Waals surface area contributed by atoms with Gasteiger partial charge in [0.1, 0.15) is 11.1 Å². The summed E-state index contributed by atoms with van der Waals surface area (Å²) in [5.74, 6) is -0.469. The van der Waals surface area contributed by atoms with Crippen molar-refractivity contribution in [3.63, 3.8) is 0 Å². The first-order valence-corrected chi connectivity index (χ1v) is 4.63. The molecule has 1 aliphatic carbocycles. The standard InChI is InChI=1S/C9H13ClO2/c1-7(10)9(11)12-8-5-3-2-4-6-8/h8H,1-6H2. The average molecular weight is 189 g/mol. The highest BCUT2D eigenvalue weighted by atomic mass is 35.5. The Morgan fingerprint density at radius 1 is 1.33 bits per heavy atom. The summed E-state index contributed by atoms with van der Waals surface area (Å²) in [6.45, 7) is 3.31. The fourth-order valence-electron chi connectivity index (χ4n) is 1.40. The van der Waals surface area contributed by atoms with Crippen LogP contribution in [-0.2, 0) is 9.53 Å². The summed E-state index contributed by atoms with van der Waals surface area (Å²) >= 11 is 5.38.